The summed E-state index contributed by atoms with van der Waals surface area (Å²) in [6.07, 6.45) is 8.41. The van der Waals surface area contributed by atoms with Crippen LogP contribution in [0.3, 0.4) is 0 Å². The smallest absolute Gasteiger partial charge is 0.259 e. The van der Waals surface area contributed by atoms with Crippen LogP contribution >= 0.6 is 22.9 Å². The number of morpholine rings is 1. The van der Waals surface area contributed by atoms with Gasteiger partial charge in [0.1, 0.15) is 16.7 Å². The highest BCUT2D eigenvalue weighted by Crippen LogP contribution is 2.36. The zero-order valence-electron chi connectivity index (χ0n) is 20.3. The van der Waals surface area contributed by atoms with Crippen molar-refractivity contribution in [3.8, 4) is 16.9 Å². The first kappa shape index (κ1) is 24.0. The molecule has 2 fully saturated rings. The molecule has 2 atom stereocenters. The lowest BCUT2D eigenvalue weighted by Gasteiger charge is -2.38. The number of methoxy groups -OCH3 is 1. The number of carbonyl (C=O) groups excluding carboxylic acids is 1. The molecule has 1 saturated carbocycles. The molecule has 10 nitrogen and oxygen atoms in total. The molecular weight excluding hydrogens is 514 g/mol. The molecule has 190 valence electrons. The lowest BCUT2D eigenvalue weighted by Crippen LogP contribution is -2.49. The summed E-state index contributed by atoms with van der Waals surface area (Å²) in [7, 11) is 1.54. The topological polar surface area (TPSA) is 115 Å². The minimum absolute atomic E-state index is 0.258. The maximum absolute atomic E-state index is 13.4. The molecule has 1 amide bonds. The molecule has 0 bridgehead atoms. The van der Waals surface area contributed by atoms with Gasteiger partial charge in [-0.05, 0) is 38.3 Å². The van der Waals surface area contributed by atoms with E-state index in [1.807, 2.05) is 13.0 Å². The van der Waals surface area contributed by atoms with Gasteiger partial charge < -0.3 is 14.4 Å². The van der Waals surface area contributed by atoms with Crippen LogP contribution in [0, 0.1) is 6.92 Å². The van der Waals surface area contributed by atoms with Crippen LogP contribution < -0.4 is 15.0 Å². The van der Waals surface area contributed by atoms with Gasteiger partial charge in [-0.2, -0.15) is 4.98 Å². The Balaban J connectivity index is 1.29. The van der Waals surface area contributed by atoms with Crippen molar-refractivity contribution in [3.63, 3.8) is 0 Å². The molecule has 4 aromatic heterocycles. The van der Waals surface area contributed by atoms with Crippen molar-refractivity contribution < 1.29 is 14.3 Å². The molecule has 5 heterocycles. The molecule has 0 spiro atoms. The van der Waals surface area contributed by atoms with Crippen molar-refractivity contribution in [1.82, 2.24) is 24.9 Å². The van der Waals surface area contributed by atoms with Crippen molar-refractivity contribution in [1.29, 1.82) is 0 Å². The molecule has 2 unspecified atom stereocenters. The van der Waals surface area contributed by atoms with Crippen LogP contribution in [0.1, 0.15) is 35.3 Å². The van der Waals surface area contributed by atoms with Crippen molar-refractivity contribution in [2.24, 2.45) is 0 Å². The average molecular weight is 538 g/mol. The number of anilines is 2. The van der Waals surface area contributed by atoms with E-state index >= 15 is 0 Å². The second kappa shape index (κ2) is 9.81. The van der Waals surface area contributed by atoms with E-state index in [-0.39, 0.29) is 12.0 Å². The van der Waals surface area contributed by atoms with Crippen LogP contribution in [0.25, 0.3) is 21.6 Å². The Labute approximate surface area is 222 Å². The van der Waals surface area contributed by atoms with Crippen molar-refractivity contribution >= 4 is 50.3 Å². The molecule has 1 aliphatic carbocycles. The fourth-order valence-electron chi connectivity index (χ4n) is 5.03. The minimum atomic E-state index is -0.362. The zero-order valence-corrected chi connectivity index (χ0v) is 21.8. The summed E-state index contributed by atoms with van der Waals surface area (Å²) in [5.74, 6) is 0.956. The maximum atomic E-state index is 13.4. The first-order valence-corrected chi connectivity index (χ1v) is 13.2. The van der Waals surface area contributed by atoms with Crippen molar-refractivity contribution in [3.05, 3.63) is 47.1 Å². The summed E-state index contributed by atoms with van der Waals surface area (Å²) in [5.41, 5.74) is 2.86. The van der Waals surface area contributed by atoms with E-state index in [4.69, 9.17) is 26.1 Å². The van der Waals surface area contributed by atoms with E-state index in [0.29, 0.717) is 55.9 Å². The monoisotopic (exact) mass is 537 g/mol. The number of pyridine rings is 2. The minimum Gasteiger partial charge on any atom is -0.494 e. The summed E-state index contributed by atoms with van der Waals surface area (Å²) in [4.78, 5) is 38.6. The third-order valence-electron chi connectivity index (χ3n) is 6.74. The Kier molecular flexibility index (Phi) is 6.35. The van der Waals surface area contributed by atoms with Gasteiger partial charge in [-0.3, -0.25) is 15.1 Å². The fraction of sp³-hybridized carbons (Fsp3) is 0.360. The summed E-state index contributed by atoms with van der Waals surface area (Å²) < 4.78 is 11.4. The molecule has 37 heavy (non-hydrogen) atoms. The number of aryl methyl sites for hydroxylation is 1. The number of carbonyl (C=O) groups is 1. The third kappa shape index (κ3) is 4.58. The Morgan fingerprint density at radius 2 is 2.05 bits per heavy atom. The van der Waals surface area contributed by atoms with Crippen LogP contribution in [0.15, 0.2) is 30.7 Å². The van der Waals surface area contributed by atoms with Crippen LogP contribution in [0.2, 0.25) is 5.15 Å². The number of nitrogens with one attached hydrogen (secondary N) is 1. The number of nitrogens with zero attached hydrogens (tertiary/aromatic N) is 6. The highest BCUT2D eigenvalue weighted by atomic mass is 35.5. The van der Waals surface area contributed by atoms with E-state index in [0.717, 1.165) is 37.3 Å². The highest BCUT2D eigenvalue weighted by molar-refractivity contribution is 7.21. The van der Waals surface area contributed by atoms with E-state index in [9.17, 15) is 4.79 Å². The van der Waals surface area contributed by atoms with E-state index in [1.54, 1.807) is 19.4 Å². The van der Waals surface area contributed by atoms with Crippen molar-refractivity contribution in [2.75, 3.05) is 30.5 Å². The lowest BCUT2D eigenvalue weighted by atomic mass is 10.0. The maximum Gasteiger partial charge on any atom is 0.259 e. The predicted octanol–water partition coefficient (Wildman–Crippen LogP) is 4.52. The molecule has 12 heteroatoms. The molecule has 4 aromatic rings. The van der Waals surface area contributed by atoms with Gasteiger partial charge >= 0.3 is 0 Å². The predicted molar refractivity (Wildman–Crippen MR) is 142 cm³/mol. The number of fused-ring (bicyclic) bond motifs is 2. The number of hydrogen-bond donors (Lipinski definition) is 1. The number of rotatable bonds is 5. The number of hydrogen-bond acceptors (Lipinski definition) is 10. The van der Waals surface area contributed by atoms with E-state index in [1.165, 1.54) is 23.7 Å². The highest BCUT2D eigenvalue weighted by Gasteiger charge is 2.37. The lowest BCUT2D eigenvalue weighted by molar-refractivity contribution is 0.0253. The van der Waals surface area contributed by atoms with Gasteiger partial charge in [-0.25, -0.2) is 15.0 Å². The Morgan fingerprint density at radius 1 is 1.16 bits per heavy atom. The second-order valence-corrected chi connectivity index (χ2v) is 10.4. The molecule has 6 rings (SSSR count). The number of thiazole rings is 1. The summed E-state index contributed by atoms with van der Waals surface area (Å²) in [6.45, 7) is 3.33. The molecule has 1 N–H and O–H groups in total. The first-order chi connectivity index (χ1) is 18.0. The molecular formula is C25H24ClN7O3S. The zero-order chi connectivity index (χ0) is 25.5. The van der Waals surface area contributed by atoms with Crippen LogP contribution in [0.4, 0.5) is 10.9 Å². The Hall–Kier alpha value is -3.41. The number of ether oxygens (including phenoxy) is 2. The SMILES string of the molecule is COc1cnc(Cl)cc1-c1cc(C)ncc1C(=O)Nc1nc2ncc(N3CCOC4CCCC43)nc2s1. The largest absolute Gasteiger partial charge is 0.494 e. The number of halogens is 1. The Morgan fingerprint density at radius 3 is 2.92 bits per heavy atom. The second-order valence-electron chi connectivity index (χ2n) is 9.01. The summed E-state index contributed by atoms with van der Waals surface area (Å²) in [5, 5.41) is 3.59. The molecule has 1 aliphatic heterocycles. The molecule has 0 aromatic carbocycles. The molecule has 1 saturated heterocycles. The van der Waals surface area contributed by atoms with Gasteiger partial charge in [0.15, 0.2) is 15.6 Å². The van der Waals surface area contributed by atoms with Gasteiger partial charge in [0.25, 0.3) is 5.91 Å². The third-order valence-corrected chi connectivity index (χ3v) is 7.80. The van der Waals surface area contributed by atoms with Gasteiger partial charge in [-0.1, -0.05) is 22.9 Å². The van der Waals surface area contributed by atoms with Crippen molar-refractivity contribution in [2.45, 2.75) is 38.3 Å². The van der Waals surface area contributed by atoms with Crippen LogP contribution in [0.5, 0.6) is 5.75 Å². The first-order valence-electron chi connectivity index (χ1n) is 12.0. The van der Waals surface area contributed by atoms with Crippen LogP contribution in [-0.2, 0) is 4.74 Å². The number of amides is 1. The quantitative estimate of drug-likeness (QED) is 0.367. The molecule has 0 radical (unpaired) electrons. The van der Waals surface area contributed by atoms with Crippen LogP contribution in [-0.4, -0.2) is 63.2 Å². The van der Waals surface area contributed by atoms with E-state index in [2.05, 4.69) is 30.2 Å². The van der Waals surface area contributed by atoms with Gasteiger partial charge in [0.05, 0.1) is 43.8 Å². The normalized spacial score (nSPS) is 19.2. The number of aromatic nitrogens is 5. The average Bonchev–Trinajstić information content (AvgIpc) is 3.54. The fourth-order valence-corrected chi connectivity index (χ4v) is 5.98. The standard InChI is InChI=1S/C25H24ClN7O3S/c1-13-8-14(15-9-20(26)28-11-19(15)35-2)16(10-27-13)23(34)32-25-31-22-24(37-25)30-21(12-29-22)33-6-7-36-18-5-3-4-17(18)33/h8-12,17-18H,3-7H2,1-2H3,(H,29,31,32,34). The van der Waals surface area contributed by atoms with Gasteiger partial charge in [0.2, 0.25) is 0 Å². The van der Waals surface area contributed by atoms with Gasteiger partial charge in [0, 0.05) is 29.6 Å². The Bertz CT molecular complexity index is 1500. The summed E-state index contributed by atoms with van der Waals surface area (Å²) >= 11 is 7.44. The molecule has 2 aliphatic rings. The van der Waals surface area contributed by atoms with Gasteiger partial charge in [-0.15, -0.1) is 0 Å². The summed E-state index contributed by atoms with van der Waals surface area (Å²) in [6, 6.07) is 3.81. The van der Waals surface area contributed by atoms with E-state index < -0.39 is 0 Å².